The molecule has 0 saturated heterocycles. The topological polar surface area (TPSA) is 90.7 Å². The van der Waals surface area contributed by atoms with Crippen LogP contribution in [0, 0.1) is 6.92 Å². The van der Waals surface area contributed by atoms with Crippen LogP contribution in [0.3, 0.4) is 0 Å². The molecule has 0 aliphatic carbocycles. The molecule has 0 saturated carbocycles. The van der Waals surface area contributed by atoms with Gasteiger partial charge in [-0.15, -0.1) is 20.4 Å². The number of alkyl halides is 2. The van der Waals surface area contributed by atoms with Crippen molar-refractivity contribution in [3.63, 3.8) is 0 Å². The van der Waals surface area contributed by atoms with Gasteiger partial charge in [0.2, 0.25) is 17.7 Å². The Morgan fingerprint density at radius 3 is 2.22 bits per heavy atom. The van der Waals surface area contributed by atoms with Crippen LogP contribution in [0.5, 0.6) is 0 Å². The summed E-state index contributed by atoms with van der Waals surface area (Å²) in [7, 11) is 0. The third-order valence-electron chi connectivity index (χ3n) is 3.81. The summed E-state index contributed by atoms with van der Waals surface area (Å²) in [6.45, 7) is 1.90. The van der Waals surface area contributed by atoms with E-state index >= 15 is 0 Å². The third kappa shape index (κ3) is 3.71. The lowest BCUT2D eigenvalue weighted by atomic mass is 10.1. The smallest absolute Gasteiger partial charge is 0.314 e. The number of halogens is 2. The van der Waals surface area contributed by atoms with E-state index in [2.05, 4.69) is 25.4 Å². The van der Waals surface area contributed by atoms with Crippen molar-refractivity contribution in [1.29, 1.82) is 0 Å². The Bertz CT molecular complexity index is 1040. The Kier molecular flexibility index (Phi) is 4.41. The number of hydrogen-bond donors (Lipinski definition) is 0. The van der Waals surface area contributed by atoms with E-state index < -0.39 is 12.3 Å². The molecule has 0 amide bonds. The van der Waals surface area contributed by atoms with Crippen molar-refractivity contribution in [3.05, 3.63) is 65.6 Å². The minimum atomic E-state index is -2.79. The summed E-state index contributed by atoms with van der Waals surface area (Å²) in [6.07, 6.45) is -0.681. The van der Waals surface area contributed by atoms with Crippen molar-refractivity contribution < 1.29 is 17.6 Å². The van der Waals surface area contributed by atoms with Gasteiger partial charge in [0.25, 0.3) is 5.89 Å². The van der Waals surface area contributed by atoms with Crippen LogP contribution in [-0.4, -0.2) is 25.4 Å². The van der Waals surface area contributed by atoms with E-state index in [1.54, 1.807) is 30.5 Å². The zero-order chi connectivity index (χ0) is 18.8. The summed E-state index contributed by atoms with van der Waals surface area (Å²) in [5, 5.41) is 15.0. The van der Waals surface area contributed by atoms with Crippen LogP contribution in [-0.2, 0) is 6.42 Å². The van der Waals surface area contributed by atoms with Gasteiger partial charge >= 0.3 is 6.43 Å². The van der Waals surface area contributed by atoms with Crippen molar-refractivity contribution >= 4 is 0 Å². The van der Waals surface area contributed by atoms with Gasteiger partial charge in [-0.1, -0.05) is 12.1 Å². The first-order valence-electron chi connectivity index (χ1n) is 8.05. The minimum Gasteiger partial charge on any atom is -0.420 e. The lowest BCUT2D eigenvalue weighted by molar-refractivity contribution is 0.116. The molecule has 0 aliphatic rings. The van der Waals surface area contributed by atoms with Crippen LogP contribution in [0.2, 0.25) is 0 Å². The van der Waals surface area contributed by atoms with E-state index in [0.717, 1.165) is 16.8 Å². The lowest BCUT2D eigenvalue weighted by Gasteiger charge is -1.99. The summed E-state index contributed by atoms with van der Waals surface area (Å²) in [4.78, 5) is 4.21. The number of aromatic nitrogens is 5. The van der Waals surface area contributed by atoms with E-state index in [0.29, 0.717) is 23.8 Å². The second kappa shape index (κ2) is 7.02. The number of pyridine rings is 1. The van der Waals surface area contributed by atoms with E-state index in [1.807, 2.05) is 19.1 Å². The normalized spacial score (nSPS) is 11.3. The zero-order valence-corrected chi connectivity index (χ0v) is 14.1. The van der Waals surface area contributed by atoms with Crippen LogP contribution in [0.1, 0.15) is 29.5 Å². The summed E-state index contributed by atoms with van der Waals surface area (Å²) in [5.41, 5.74) is 3.11. The molecule has 27 heavy (non-hydrogen) atoms. The van der Waals surface area contributed by atoms with Crippen molar-refractivity contribution in [2.75, 3.05) is 0 Å². The Balaban J connectivity index is 1.48. The second-order valence-electron chi connectivity index (χ2n) is 5.81. The fourth-order valence-corrected chi connectivity index (χ4v) is 2.42. The number of nitrogens with zero attached hydrogens (tertiary/aromatic N) is 5. The molecule has 0 radical (unpaired) electrons. The molecular formula is C18H13F2N5O2. The van der Waals surface area contributed by atoms with Gasteiger partial charge < -0.3 is 8.83 Å². The highest BCUT2D eigenvalue weighted by molar-refractivity contribution is 5.53. The van der Waals surface area contributed by atoms with Gasteiger partial charge in [-0.2, -0.15) is 8.78 Å². The molecule has 0 fully saturated rings. The molecule has 1 aromatic carbocycles. The maximum absolute atomic E-state index is 12.5. The molecule has 3 heterocycles. The standard InChI is InChI=1S/C18H13F2N5O2/c1-10-2-5-13(9-21-10)17-23-22-14(26-17)8-11-3-6-12(7-4-11)16-24-25-18(27-16)15(19)20/h2-7,9,15H,8H2,1H3. The lowest BCUT2D eigenvalue weighted by Crippen LogP contribution is -1.88. The quantitative estimate of drug-likeness (QED) is 0.525. The van der Waals surface area contributed by atoms with E-state index in [1.165, 1.54) is 0 Å². The Morgan fingerprint density at radius 1 is 0.852 bits per heavy atom. The minimum absolute atomic E-state index is 0.0452. The molecule has 0 spiro atoms. The summed E-state index contributed by atoms with van der Waals surface area (Å²) >= 11 is 0. The van der Waals surface area contributed by atoms with Crippen LogP contribution >= 0.6 is 0 Å². The largest absolute Gasteiger partial charge is 0.420 e. The second-order valence-corrected chi connectivity index (χ2v) is 5.81. The summed E-state index contributed by atoms with van der Waals surface area (Å²) in [5.74, 6) is 0.206. The molecular weight excluding hydrogens is 356 g/mol. The molecule has 7 nitrogen and oxygen atoms in total. The number of hydrogen-bond acceptors (Lipinski definition) is 7. The summed E-state index contributed by atoms with van der Waals surface area (Å²) in [6, 6.07) is 10.8. The van der Waals surface area contributed by atoms with Gasteiger partial charge in [-0.3, -0.25) is 4.98 Å². The molecule has 136 valence electrons. The van der Waals surface area contributed by atoms with Crippen molar-refractivity contribution in [1.82, 2.24) is 25.4 Å². The monoisotopic (exact) mass is 369 g/mol. The first-order chi connectivity index (χ1) is 13.1. The van der Waals surface area contributed by atoms with Crippen molar-refractivity contribution in [2.24, 2.45) is 0 Å². The van der Waals surface area contributed by atoms with Crippen LogP contribution in [0.15, 0.2) is 51.4 Å². The van der Waals surface area contributed by atoms with Crippen molar-refractivity contribution in [3.8, 4) is 22.9 Å². The molecule has 0 N–H and O–H groups in total. The van der Waals surface area contributed by atoms with Crippen molar-refractivity contribution in [2.45, 2.75) is 19.8 Å². The maximum Gasteiger partial charge on any atom is 0.314 e. The predicted octanol–water partition coefficient (Wildman–Crippen LogP) is 4.02. The average Bonchev–Trinajstić information content (AvgIpc) is 3.33. The highest BCUT2D eigenvalue weighted by Crippen LogP contribution is 2.24. The van der Waals surface area contributed by atoms with Gasteiger partial charge in [0, 0.05) is 17.5 Å². The van der Waals surface area contributed by atoms with Gasteiger partial charge in [0.15, 0.2) is 0 Å². The van der Waals surface area contributed by atoms with Gasteiger partial charge in [-0.05, 0) is 36.8 Å². The third-order valence-corrected chi connectivity index (χ3v) is 3.81. The van der Waals surface area contributed by atoms with Gasteiger partial charge in [0.1, 0.15) is 0 Å². The van der Waals surface area contributed by atoms with Crippen LogP contribution in [0.25, 0.3) is 22.9 Å². The molecule has 0 atom stereocenters. The number of rotatable bonds is 5. The van der Waals surface area contributed by atoms with E-state index in [-0.39, 0.29) is 5.89 Å². The van der Waals surface area contributed by atoms with Gasteiger partial charge in [0.05, 0.1) is 12.0 Å². The molecule has 0 aliphatic heterocycles. The highest BCUT2D eigenvalue weighted by Gasteiger charge is 2.17. The van der Waals surface area contributed by atoms with E-state index in [9.17, 15) is 8.78 Å². The first kappa shape index (κ1) is 17.0. The van der Waals surface area contributed by atoms with E-state index in [4.69, 9.17) is 8.83 Å². The predicted molar refractivity (Wildman–Crippen MR) is 89.8 cm³/mol. The highest BCUT2D eigenvalue weighted by atomic mass is 19.3. The van der Waals surface area contributed by atoms with Crippen LogP contribution in [0.4, 0.5) is 8.78 Å². The Hall–Kier alpha value is -3.49. The molecule has 4 rings (SSSR count). The number of aryl methyl sites for hydroxylation is 1. The number of benzene rings is 1. The Labute approximate surface area is 152 Å². The molecule has 0 unspecified atom stereocenters. The summed E-state index contributed by atoms with van der Waals surface area (Å²) < 4.78 is 35.6. The van der Waals surface area contributed by atoms with Crippen LogP contribution < -0.4 is 0 Å². The maximum atomic E-state index is 12.5. The first-order valence-corrected chi connectivity index (χ1v) is 8.05. The molecule has 0 bridgehead atoms. The van der Waals surface area contributed by atoms with Gasteiger partial charge in [-0.25, -0.2) is 0 Å². The molecule has 9 heteroatoms. The fraction of sp³-hybridized carbons (Fsp3) is 0.167. The fourth-order valence-electron chi connectivity index (χ4n) is 2.42. The zero-order valence-electron chi connectivity index (χ0n) is 14.1. The average molecular weight is 369 g/mol. The molecule has 3 aromatic heterocycles. The SMILES string of the molecule is Cc1ccc(-c2nnc(Cc3ccc(-c4nnc(C(F)F)o4)cc3)o2)cn1. The Morgan fingerprint density at radius 2 is 1.56 bits per heavy atom. The molecule has 4 aromatic rings.